The van der Waals surface area contributed by atoms with Crippen LogP contribution in [0.2, 0.25) is 0 Å². The molecule has 0 bridgehead atoms. The summed E-state index contributed by atoms with van der Waals surface area (Å²) >= 11 is 0. The Morgan fingerprint density at radius 3 is 2.08 bits per heavy atom. The highest BCUT2D eigenvalue weighted by Gasteiger charge is 2.32. The van der Waals surface area contributed by atoms with Crippen molar-refractivity contribution in [2.24, 2.45) is 5.92 Å². The summed E-state index contributed by atoms with van der Waals surface area (Å²) in [6.07, 6.45) is 0. The molecule has 9 nitrogen and oxygen atoms in total. The minimum absolute atomic E-state index is 0.0678. The molecule has 0 saturated carbocycles. The molecular weight excluding hydrogens is 487 g/mol. The van der Waals surface area contributed by atoms with Gasteiger partial charge in [0, 0.05) is 27.2 Å². The normalized spacial score (nSPS) is 12.4. The number of carbonyl (C=O) groups is 2. The van der Waals surface area contributed by atoms with Gasteiger partial charge in [-0.2, -0.15) is 12.7 Å². The molecule has 0 heterocycles. The summed E-state index contributed by atoms with van der Waals surface area (Å²) in [5.74, 6) is -0.629. The molecule has 0 aromatic heterocycles. The third kappa shape index (κ3) is 7.66. The maximum atomic E-state index is 13.6. The average molecular weight is 523 g/mol. The number of carbonyl (C=O) groups excluding carboxylic acids is 2. The molecule has 0 saturated heterocycles. The monoisotopic (exact) mass is 522 g/mol. The van der Waals surface area contributed by atoms with Crippen LogP contribution in [0, 0.1) is 11.7 Å². The molecule has 0 aliphatic carbocycles. The first kappa shape index (κ1) is 29.1. The van der Waals surface area contributed by atoms with Crippen molar-refractivity contribution >= 4 is 27.7 Å². The molecule has 198 valence electrons. The summed E-state index contributed by atoms with van der Waals surface area (Å²) in [4.78, 5) is 27.8. The SMILES string of the molecule is COc1ccc(CN(C(=O)CN(c2ccc(F)cc2)S(=O)(=O)N(C)C)[C@H](C)C(=O)NCC(C)C)cc1. The first-order valence-electron chi connectivity index (χ1n) is 11.5. The fourth-order valence-corrected chi connectivity index (χ4v) is 4.34. The van der Waals surface area contributed by atoms with E-state index in [1.807, 2.05) is 13.8 Å². The molecule has 2 amide bonds. The van der Waals surface area contributed by atoms with Gasteiger partial charge in [0.1, 0.15) is 24.2 Å². The van der Waals surface area contributed by atoms with E-state index in [1.165, 1.54) is 31.1 Å². The van der Waals surface area contributed by atoms with Gasteiger partial charge in [0.05, 0.1) is 12.8 Å². The van der Waals surface area contributed by atoms with Crippen molar-refractivity contribution in [2.45, 2.75) is 33.4 Å². The van der Waals surface area contributed by atoms with Crippen molar-refractivity contribution in [2.75, 3.05) is 38.6 Å². The van der Waals surface area contributed by atoms with Gasteiger partial charge in [-0.1, -0.05) is 26.0 Å². The topological polar surface area (TPSA) is 99.3 Å². The van der Waals surface area contributed by atoms with Crippen LogP contribution in [0.4, 0.5) is 10.1 Å². The Balaban J connectivity index is 2.42. The minimum Gasteiger partial charge on any atom is -0.497 e. The van der Waals surface area contributed by atoms with Crippen LogP contribution in [0.1, 0.15) is 26.3 Å². The first-order chi connectivity index (χ1) is 16.9. The van der Waals surface area contributed by atoms with Crippen LogP contribution in [0.3, 0.4) is 0 Å². The van der Waals surface area contributed by atoms with Gasteiger partial charge in [-0.25, -0.2) is 8.70 Å². The smallest absolute Gasteiger partial charge is 0.304 e. The second kappa shape index (κ2) is 12.7. The van der Waals surface area contributed by atoms with Crippen LogP contribution in [-0.4, -0.2) is 69.8 Å². The Hall–Kier alpha value is -3.18. The van der Waals surface area contributed by atoms with Crippen LogP contribution >= 0.6 is 0 Å². The van der Waals surface area contributed by atoms with Crippen LogP contribution in [-0.2, 0) is 26.3 Å². The summed E-state index contributed by atoms with van der Waals surface area (Å²) in [7, 11) is 0.121. The number of halogens is 1. The summed E-state index contributed by atoms with van der Waals surface area (Å²) in [5.41, 5.74) is 0.858. The van der Waals surface area contributed by atoms with E-state index in [1.54, 1.807) is 38.3 Å². The zero-order chi connectivity index (χ0) is 27.0. The molecule has 2 rings (SSSR count). The van der Waals surface area contributed by atoms with Crippen LogP contribution < -0.4 is 14.4 Å². The van der Waals surface area contributed by atoms with Crippen molar-refractivity contribution in [3.8, 4) is 5.75 Å². The Kier molecular flexibility index (Phi) is 10.2. The highest BCUT2D eigenvalue weighted by Crippen LogP contribution is 2.22. The maximum Gasteiger partial charge on any atom is 0.304 e. The summed E-state index contributed by atoms with van der Waals surface area (Å²) in [6, 6.07) is 11.0. The van der Waals surface area contributed by atoms with Gasteiger partial charge in [0.2, 0.25) is 11.8 Å². The largest absolute Gasteiger partial charge is 0.497 e. The first-order valence-corrected chi connectivity index (χ1v) is 12.9. The number of rotatable bonds is 12. The molecule has 1 atom stereocenters. The molecule has 2 aromatic rings. The third-order valence-electron chi connectivity index (χ3n) is 5.50. The van der Waals surface area contributed by atoms with E-state index in [4.69, 9.17) is 4.74 Å². The predicted molar refractivity (Wildman–Crippen MR) is 137 cm³/mol. The van der Waals surface area contributed by atoms with Crippen molar-refractivity contribution in [3.05, 3.63) is 59.9 Å². The van der Waals surface area contributed by atoms with E-state index < -0.39 is 34.5 Å². The van der Waals surface area contributed by atoms with Crippen LogP contribution in [0.15, 0.2) is 48.5 Å². The quantitative estimate of drug-likeness (QED) is 0.462. The lowest BCUT2D eigenvalue weighted by atomic mass is 10.1. The lowest BCUT2D eigenvalue weighted by Crippen LogP contribution is -2.52. The van der Waals surface area contributed by atoms with E-state index in [0.29, 0.717) is 12.3 Å². The molecule has 1 N–H and O–H groups in total. The fraction of sp³-hybridized carbons (Fsp3) is 0.440. The molecular formula is C25H35FN4O5S. The minimum atomic E-state index is -4.10. The fourth-order valence-electron chi connectivity index (χ4n) is 3.29. The van der Waals surface area contributed by atoms with Crippen molar-refractivity contribution < 1.29 is 27.1 Å². The molecule has 0 unspecified atom stereocenters. The van der Waals surface area contributed by atoms with Crippen LogP contribution in [0.25, 0.3) is 0 Å². The number of nitrogens with zero attached hydrogens (tertiary/aromatic N) is 3. The number of methoxy groups -OCH3 is 1. The molecule has 36 heavy (non-hydrogen) atoms. The van der Waals surface area contributed by atoms with Gasteiger partial charge in [0.15, 0.2) is 0 Å². The third-order valence-corrected chi connectivity index (χ3v) is 7.32. The Labute approximate surface area is 213 Å². The van der Waals surface area contributed by atoms with E-state index in [9.17, 15) is 22.4 Å². The highest BCUT2D eigenvalue weighted by molar-refractivity contribution is 7.90. The Morgan fingerprint density at radius 2 is 1.58 bits per heavy atom. The number of hydrogen-bond acceptors (Lipinski definition) is 5. The van der Waals surface area contributed by atoms with Gasteiger partial charge in [0.25, 0.3) is 0 Å². The number of nitrogens with one attached hydrogen (secondary N) is 1. The molecule has 0 fully saturated rings. The van der Waals surface area contributed by atoms with Gasteiger partial charge >= 0.3 is 10.2 Å². The maximum absolute atomic E-state index is 13.6. The van der Waals surface area contributed by atoms with Gasteiger partial charge in [-0.15, -0.1) is 0 Å². The highest BCUT2D eigenvalue weighted by atomic mass is 32.2. The molecule has 0 radical (unpaired) electrons. The molecule has 0 aliphatic rings. The zero-order valence-corrected chi connectivity index (χ0v) is 22.4. The number of ether oxygens (including phenoxy) is 1. The summed E-state index contributed by atoms with van der Waals surface area (Å²) in [5, 5.41) is 2.83. The second-order valence-corrected chi connectivity index (χ2v) is 11.0. The lowest BCUT2D eigenvalue weighted by Gasteiger charge is -2.33. The Morgan fingerprint density at radius 1 is 1.00 bits per heavy atom. The molecule has 2 aromatic carbocycles. The number of anilines is 1. The summed E-state index contributed by atoms with van der Waals surface area (Å²) < 4.78 is 46.7. The number of hydrogen-bond donors (Lipinski definition) is 1. The van der Waals surface area contributed by atoms with E-state index in [2.05, 4.69) is 5.32 Å². The van der Waals surface area contributed by atoms with E-state index in [-0.39, 0.29) is 24.1 Å². The number of benzene rings is 2. The van der Waals surface area contributed by atoms with Gasteiger partial charge < -0.3 is 15.0 Å². The molecule has 0 aliphatic heterocycles. The van der Waals surface area contributed by atoms with Crippen molar-refractivity contribution in [3.63, 3.8) is 0 Å². The van der Waals surface area contributed by atoms with Gasteiger partial charge in [-0.3, -0.25) is 9.59 Å². The van der Waals surface area contributed by atoms with E-state index >= 15 is 0 Å². The molecule has 0 spiro atoms. The van der Waals surface area contributed by atoms with Gasteiger partial charge in [-0.05, 0) is 54.8 Å². The second-order valence-electron chi connectivity index (χ2n) is 8.96. The lowest BCUT2D eigenvalue weighted by molar-refractivity contribution is -0.139. The van der Waals surface area contributed by atoms with E-state index in [0.717, 1.165) is 26.3 Å². The average Bonchev–Trinajstić information content (AvgIpc) is 2.84. The summed E-state index contributed by atoms with van der Waals surface area (Å²) in [6.45, 7) is 5.43. The molecule has 11 heteroatoms. The standard InChI is InChI=1S/C25H35FN4O5S/c1-18(2)15-27-25(32)19(3)29(16-20-7-13-23(35-6)14-8-20)24(31)17-30(36(33,34)28(4)5)22-11-9-21(26)10-12-22/h7-14,18-19H,15-17H2,1-6H3,(H,27,32)/t19-/m1/s1. The number of amides is 2. The zero-order valence-electron chi connectivity index (χ0n) is 21.6. The van der Waals surface area contributed by atoms with Crippen LogP contribution in [0.5, 0.6) is 5.75 Å². The van der Waals surface area contributed by atoms with Crippen molar-refractivity contribution in [1.29, 1.82) is 0 Å². The predicted octanol–water partition coefficient (Wildman–Crippen LogP) is 2.64. The Bertz CT molecular complexity index is 1120. The van der Waals surface area contributed by atoms with Crippen molar-refractivity contribution in [1.82, 2.24) is 14.5 Å².